The minimum absolute atomic E-state index is 0.0262. The summed E-state index contributed by atoms with van der Waals surface area (Å²) < 4.78 is 23.3. The number of piperidine rings is 1. The highest BCUT2D eigenvalue weighted by Crippen LogP contribution is 2.48. The Kier molecular flexibility index (Phi) is 7.00. The number of fused-ring (bicyclic) bond motifs is 2. The van der Waals surface area contributed by atoms with Gasteiger partial charge in [-0.05, 0) is 43.0 Å². The number of rotatable bonds is 8. The monoisotopic (exact) mass is 579 g/mol. The van der Waals surface area contributed by atoms with Crippen LogP contribution in [0.2, 0.25) is 5.02 Å². The van der Waals surface area contributed by atoms with Gasteiger partial charge >= 0.3 is 12.1 Å². The second-order valence-electron chi connectivity index (χ2n) is 10.2. The number of ether oxygens (including phenoxy) is 1. The zero-order valence-electron chi connectivity index (χ0n) is 21.8. The van der Waals surface area contributed by atoms with Gasteiger partial charge in [-0.15, -0.1) is 0 Å². The number of hydrogen-bond acceptors (Lipinski definition) is 5. The van der Waals surface area contributed by atoms with Crippen molar-refractivity contribution < 1.29 is 23.5 Å². The summed E-state index contributed by atoms with van der Waals surface area (Å²) in [6, 6.07) is 7.76. The number of primary amides is 1. The summed E-state index contributed by atoms with van der Waals surface area (Å²) in [6.07, 6.45) is 7.98. The number of likely N-dealkylation sites (tertiary alicyclic amines) is 1. The van der Waals surface area contributed by atoms with Crippen molar-refractivity contribution in [3.8, 4) is 5.75 Å². The number of imidazole rings is 1. The Labute approximate surface area is 239 Å². The van der Waals surface area contributed by atoms with E-state index in [9.17, 15) is 18.8 Å². The van der Waals surface area contributed by atoms with E-state index in [0.29, 0.717) is 41.9 Å². The van der Waals surface area contributed by atoms with Crippen molar-refractivity contribution in [3.63, 3.8) is 0 Å². The summed E-state index contributed by atoms with van der Waals surface area (Å²) in [6.45, 7) is 0.921. The van der Waals surface area contributed by atoms with Gasteiger partial charge in [0, 0.05) is 42.1 Å². The number of halogens is 2. The summed E-state index contributed by atoms with van der Waals surface area (Å²) in [7, 11) is 0. The van der Waals surface area contributed by atoms with E-state index < -0.39 is 23.9 Å². The second kappa shape index (κ2) is 10.8. The van der Waals surface area contributed by atoms with Crippen molar-refractivity contribution in [2.45, 2.75) is 38.0 Å². The number of carbonyl (C=O) groups excluding carboxylic acids is 3. The number of nitrogens with one attached hydrogen (secondary N) is 2. The fourth-order valence-electron chi connectivity index (χ4n) is 5.42. The van der Waals surface area contributed by atoms with E-state index in [0.717, 1.165) is 6.42 Å². The van der Waals surface area contributed by atoms with E-state index >= 15 is 0 Å². The molecular formula is C28H27ClFN7O4. The molecule has 6 rings (SSSR count). The summed E-state index contributed by atoms with van der Waals surface area (Å²) in [5.41, 5.74) is 6.69. The first kappa shape index (κ1) is 26.6. The molecule has 2 fully saturated rings. The van der Waals surface area contributed by atoms with Crippen molar-refractivity contribution in [1.29, 1.82) is 0 Å². The topological polar surface area (TPSA) is 137 Å². The van der Waals surface area contributed by atoms with Crippen LogP contribution in [-0.2, 0) is 17.9 Å². The van der Waals surface area contributed by atoms with Crippen molar-refractivity contribution in [2.24, 2.45) is 11.7 Å². The van der Waals surface area contributed by atoms with Gasteiger partial charge in [-0.25, -0.2) is 19.0 Å². The second-order valence-corrected chi connectivity index (χ2v) is 10.6. The van der Waals surface area contributed by atoms with Crippen molar-refractivity contribution in [1.82, 2.24) is 24.3 Å². The van der Waals surface area contributed by atoms with Crippen LogP contribution in [-0.4, -0.2) is 55.7 Å². The van der Waals surface area contributed by atoms with E-state index in [1.807, 2.05) is 10.8 Å². The third kappa shape index (κ3) is 5.30. The molecule has 0 spiro atoms. The van der Waals surface area contributed by atoms with E-state index in [2.05, 4.69) is 15.6 Å². The summed E-state index contributed by atoms with van der Waals surface area (Å²) in [5, 5.41) is 6.14. The minimum Gasteiger partial charge on any atom is -0.492 e. The van der Waals surface area contributed by atoms with Gasteiger partial charge in [0.15, 0.2) is 0 Å². The van der Waals surface area contributed by atoms with Gasteiger partial charge in [0.2, 0.25) is 5.91 Å². The number of benzene rings is 2. The van der Waals surface area contributed by atoms with Crippen LogP contribution >= 0.6 is 11.6 Å². The van der Waals surface area contributed by atoms with Gasteiger partial charge in [-0.1, -0.05) is 23.7 Å². The van der Waals surface area contributed by atoms with Gasteiger partial charge in [0.25, 0.3) is 0 Å². The average molecular weight is 580 g/mol. The highest BCUT2D eigenvalue weighted by atomic mass is 35.5. The summed E-state index contributed by atoms with van der Waals surface area (Å²) in [5.74, 6) is -0.194. The lowest BCUT2D eigenvalue weighted by atomic mass is 10.1. The van der Waals surface area contributed by atoms with E-state index in [1.165, 1.54) is 21.7 Å². The Morgan fingerprint density at radius 2 is 2.05 bits per heavy atom. The summed E-state index contributed by atoms with van der Waals surface area (Å²) in [4.78, 5) is 44.3. The molecule has 1 saturated carbocycles. The van der Waals surface area contributed by atoms with Crippen LogP contribution in [0.4, 0.5) is 19.7 Å². The molecule has 13 heteroatoms. The largest absolute Gasteiger partial charge is 0.492 e. The quantitative estimate of drug-likeness (QED) is 0.290. The number of hydrogen-bond donors (Lipinski definition) is 3. The number of amides is 4. The molecule has 3 heterocycles. The fraction of sp³-hybridized carbons (Fsp3) is 0.286. The molecule has 0 radical (unpaired) electrons. The van der Waals surface area contributed by atoms with Gasteiger partial charge in [-0.2, -0.15) is 0 Å². The lowest BCUT2D eigenvalue weighted by Crippen LogP contribution is -2.49. The molecule has 2 aromatic heterocycles. The first-order valence-corrected chi connectivity index (χ1v) is 13.5. The van der Waals surface area contributed by atoms with Crippen LogP contribution < -0.4 is 21.1 Å². The van der Waals surface area contributed by atoms with E-state index in [1.54, 1.807) is 42.9 Å². The predicted molar refractivity (Wildman–Crippen MR) is 149 cm³/mol. The Balaban J connectivity index is 1.18. The molecule has 212 valence electrons. The molecule has 1 aliphatic heterocycles. The number of aromatic nitrogens is 3. The fourth-order valence-corrected chi connectivity index (χ4v) is 5.61. The first-order chi connectivity index (χ1) is 19.8. The minimum atomic E-state index is -0.715. The highest BCUT2D eigenvalue weighted by molar-refractivity contribution is 6.30. The molecule has 11 nitrogen and oxygen atoms in total. The Morgan fingerprint density at radius 1 is 1.20 bits per heavy atom. The lowest BCUT2D eigenvalue weighted by Gasteiger charge is -2.27. The first-order valence-electron chi connectivity index (χ1n) is 13.1. The molecule has 1 saturated heterocycles. The van der Waals surface area contributed by atoms with Gasteiger partial charge in [0.05, 0.1) is 29.1 Å². The summed E-state index contributed by atoms with van der Waals surface area (Å²) >= 11 is 5.85. The Bertz CT molecular complexity index is 1640. The molecular weight excluding hydrogens is 553 g/mol. The molecule has 4 N–H and O–H groups in total. The molecule has 3 atom stereocenters. The third-order valence-corrected chi connectivity index (χ3v) is 7.85. The van der Waals surface area contributed by atoms with Crippen molar-refractivity contribution in [2.75, 3.05) is 11.9 Å². The number of urea groups is 1. The van der Waals surface area contributed by atoms with Crippen molar-refractivity contribution >= 4 is 46.2 Å². The predicted octanol–water partition coefficient (Wildman–Crippen LogP) is 3.95. The maximum atomic E-state index is 14.3. The van der Waals surface area contributed by atoms with Crippen LogP contribution in [0, 0.1) is 11.7 Å². The van der Waals surface area contributed by atoms with Crippen LogP contribution in [0.5, 0.6) is 5.75 Å². The Hall–Kier alpha value is -4.58. The van der Waals surface area contributed by atoms with Crippen LogP contribution in [0.25, 0.3) is 10.9 Å². The third-order valence-electron chi connectivity index (χ3n) is 7.56. The standard InChI is InChI=1S/C28H27ClFN7O4/c29-20-3-1-2-16(25(20)30)13-33-26(38)24-11-17-10-23(17)37(24)28(40)34-21-14-36(27(31)39)22-5-4-18(12-19(21)22)41-9-8-35-7-6-32-15-35/h1-7,12,14-15,17,23-24H,8-11,13H2,(H2,31,39)(H,33,38)(H,34,40)/t17-,23-,24+/m1/s1. The molecule has 1 aliphatic carbocycles. The smallest absolute Gasteiger partial charge is 0.323 e. The van der Waals surface area contributed by atoms with Crippen LogP contribution in [0.3, 0.4) is 0 Å². The molecule has 0 bridgehead atoms. The average Bonchev–Trinajstić information content (AvgIpc) is 3.28. The Morgan fingerprint density at radius 3 is 2.83 bits per heavy atom. The normalized spacial score (nSPS) is 19.2. The van der Waals surface area contributed by atoms with Crippen LogP contribution in [0.15, 0.2) is 61.3 Å². The zero-order chi connectivity index (χ0) is 28.7. The maximum absolute atomic E-state index is 14.3. The van der Waals surface area contributed by atoms with Gasteiger partial charge in [-0.3, -0.25) is 9.36 Å². The number of nitrogens with two attached hydrogens (primary N) is 1. The molecule has 2 aliphatic rings. The van der Waals surface area contributed by atoms with E-state index in [4.69, 9.17) is 22.1 Å². The molecule has 2 aromatic carbocycles. The molecule has 4 aromatic rings. The lowest BCUT2D eigenvalue weighted by molar-refractivity contribution is -0.125. The number of nitrogens with zero attached hydrogens (tertiary/aromatic N) is 4. The molecule has 41 heavy (non-hydrogen) atoms. The maximum Gasteiger partial charge on any atom is 0.323 e. The van der Waals surface area contributed by atoms with Gasteiger partial charge < -0.3 is 30.6 Å². The van der Waals surface area contributed by atoms with Gasteiger partial charge in [0.1, 0.15) is 24.2 Å². The zero-order valence-corrected chi connectivity index (χ0v) is 22.6. The SMILES string of the molecule is NC(=O)n1cc(NC(=O)N2[C@@H]3C[C@@H]3C[C@H]2C(=O)NCc2cccc(Cl)c2F)c2cc(OCCn3ccnc3)ccc21. The van der Waals surface area contributed by atoms with Crippen LogP contribution in [0.1, 0.15) is 18.4 Å². The van der Waals surface area contributed by atoms with E-state index in [-0.39, 0.29) is 35.0 Å². The number of carbonyl (C=O) groups is 3. The highest BCUT2D eigenvalue weighted by Gasteiger charge is 2.56. The van der Waals surface area contributed by atoms with Crippen molar-refractivity contribution in [3.05, 3.63) is 77.7 Å². The molecule has 0 unspecified atom stereocenters. The molecule has 4 amide bonds. The number of anilines is 1.